The van der Waals surface area contributed by atoms with E-state index in [-0.39, 0.29) is 17.2 Å². The van der Waals surface area contributed by atoms with E-state index in [4.69, 9.17) is 0 Å². The number of carbonyl (C=O) groups excluding carboxylic acids is 1. The van der Waals surface area contributed by atoms with Crippen LogP contribution >= 0.6 is 23.1 Å². The van der Waals surface area contributed by atoms with Crippen molar-refractivity contribution in [1.82, 2.24) is 9.55 Å². The van der Waals surface area contributed by atoms with E-state index < -0.39 is 0 Å². The molecule has 130 valence electrons. The van der Waals surface area contributed by atoms with Crippen LogP contribution in [0, 0.1) is 13.8 Å². The number of thiophene rings is 1. The van der Waals surface area contributed by atoms with Gasteiger partial charge in [0.2, 0.25) is 5.91 Å². The Morgan fingerprint density at radius 1 is 1.28 bits per heavy atom. The lowest BCUT2D eigenvalue weighted by Gasteiger charge is -2.10. The van der Waals surface area contributed by atoms with E-state index in [1.54, 1.807) is 4.57 Å². The molecule has 0 aliphatic carbocycles. The average Bonchev–Trinajstić information content (AvgIpc) is 3.00. The number of aryl methyl sites for hydroxylation is 2. The number of nitrogens with zero attached hydrogens (tertiary/aromatic N) is 2. The van der Waals surface area contributed by atoms with Gasteiger partial charge >= 0.3 is 0 Å². The van der Waals surface area contributed by atoms with Gasteiger partial charge in [0.25, 0.3) is 5.56 Å². The van der Waals surface area contributed by atoms with Crippen molar-refractivity contribution in [2.45, 2.75) is 32.5 Å². The predicted molar refractivity (Wildman–Crippen MR) is 105 cm³/mol. The van der Waals surface area contributed by atoms with Crippen molar-refractivity contribution in [1.29, 1.82) is 0 Å². The molecule has 0 bridgehead atoms. The molecule has 1 aromatic carbocycles. The topological polar surface area (TPSA) is 64.0 Å². The molecule has 5 nitrogen and oxygen atoms in total. The van der Waals surface area contributed by atoms with Gasteiger partial charge in [0.15, 0.2) is 5.16 Å². The minimum atomic E-state index is -0.114. The third-order valence-corrected chi connectivity index (χ3v) is 5.55. The fraction of sp³-hybridized carbons (Fsp3) is 0.278. The number of fused-ring (bicyclic) bond motifs is 1. The maximum absolute atomic E-state index is 12.5. The molecule has 0 spiro atoms. The molecule has 0 radical (unpaired) electrons. The molecular weight excluding hydrogens is 354 g/mol. The molecule has 25 heavy (non-hydrogen) atoms. The molecule has 2 heterocycles. The Morgan fingerprint density at radius 2 is 2.00 bits per heavy atom. The summed E-state index contributed by atoms with van der Waals surface area (Å²) in [4.78, 5) is 29.3. The third-order valence-electron chi connectivity index (χ3n) is 3.68. The molecule has 0 unspecified atom stereocenters. The molecule has 0 fully saturated rings. The molecule has 1 amide bonds. The van der Waals surface area contributed by atoms with E-state index in [1.807, 2.05) is 44.4 Å². The van der Waals surface area contributed by atoms with Gasteiger partial charge in [-0.2, -0.15) is 0 Å². The Morgan fingerprint density at radius 3 is 2.68 bits per heavy atom. The summed E-state index contributed by atoms with van der Waals surface area (Å²) in [6, 6.07) is 7.77. The van der Waals surface area contributed by atoms with Gasteiger partial charge in [-0.05, 0) is 55.5 Å². The number of amides is 1. The van der Waals surface area contributed by atoms with Gasteiger partial charge in [0.1, 0.15) is 4.70 Å². The molecule has 1 N–H and O–H groups in total. The van der Waals surface area contributed by atoms with Crippen molar-refractivity contribution in [2.24, 2.45) is 0 Å². The lowest BCUT2D eigenvalue weighted by molar-refractivity contribution is -0.113. The van der Waals surface area contributed by atoms with Crippen LogP contribution in [0.5, 0.6) is 0 Å². The molecule has 0 saturated heterocycles. The van der Waals surface area contributed by atoms with Crippen LogP contribution in [-0.4, -0.2) is 21.2 Å². The zero-order valence-electron chi connectivity index (χ0n) is 14.3. The Hall–Kier alpha value is -2.12. The van der Waals surface area contributed by atoms with Crippen molar-refractivity contribution < 1.29 is 4.79 Å². The number of nitrogens with one attached hydrogen (secondary N) is 1. The number of hydrogen-bond acceptors (Lipinski definition) is 5. The number of carbonyl (C=O) groups is 1. The van der Waals surface area contributed by atoms with Crippen LogP contribution in [0.1, 0.15) is 18.1 Å². The van der Waals surface area contributed by atoms with E-state index >= 15 is 0 Å². The summed E-state index contributed by atoms with van der Waals surface area (Å²) in [5.74, 6) is 0.0899. The third kappa shape index (κ3) is 3.93. The van der Waals surface area contributed by atoms with Crippen LogP contribution in [0.2, 0.25) is 0 Å². The summed E-state index contributed by atoms with van der Waals surface area (Å²) < 4.78 is 2.28. The number of hydrogen-bond donors (Lipinski definition) is 1. The van der Waals surface area contributed by atoms with Crippen molar-refractivity contribution >= 4 is 44.9 Å². The lowest BCUT2D eigenvalue weighted by atomic mass is 10.1. The minimum Gasteiger partial charge on any atom is -0.325 e. The zero-order chi connectivity index (χ0) is 18.0. The normalized spacial score (nSPS) is 11.0. The maximum Gasteiger partial charge on any atom is 0.272 e. The second kappa shape index (κ2) is 7.41. The quantitative estimate of drug-likeness (QED) is 0.545. The van der Waals surface area contributed by atoms with Crippen molar-refractivity contribution in [2.75, 3.05) is 11.1 Å². The monoisotopic (exact) mass is 373 g/mol. The standard InChI is InChI=1S/C18H19N3O2S2/c1-4-21-17(23)16-14(5-6-24-16)20-18(21)25-10-15(22)19-13-8-11(2)7-12(3)9-13/h5-9H,4,10H2,1-3H3,(H,19,22). The van der Waals surface area contributed by atoms with Gasteiger partial charge in [0, 0.05) is 12.2 Å². The summed E-state index contributed by atoms with van der Waals surface area (Å²) in [7, 11) is 0. The first-order valence-corrected chi connectivity index (χ1v) is 9.83. The van der Waals surface area contributed by atoms with Gasteiger partial charge in [-0.25, -0.2) is 4.98 Å². The second-order valence-corrected chi connectivity index (χ2v) is 7.65. The summed E-state index contributed by atoms with van der Waals surface area (Å²) in [5, 5.41) is 5.34. The molecule has 2 aromatic heterocycles. The molecule has 7 heteroatoms. The fourth-order valence-electron chi connectivity index (χ4n) is 2.69. The van der Waals surface area contributed by atoms with Crippen LogP contribution in [-0.2, 0) is 11.3 Å². The molecule has 3 rings (SSSR count). The van der Waals surface area contributed by atoms with E-state index in [9.17, 15) is 9.59 Å². The van der Waals surface area contributed by atoms with Crippen molar-refractivity contribution in [3.05, 3.63) is 51.1 Å². The summed E-state index contributed by atoms with van der Waals surface area (Å²) >= 11 is 2.68. The van der Waals surface area contributed by atoms with Crippen molar-refractivity contribution in [3.8, 4) is 0 Å². The molecule has 0 aliphatic rings. The van der Waals surface area contributed by atoms with Crippen LogP contribution in [0.15, 0.2) is 39.6 Å². The van der Waals surface area contributed by atoms with E-state index in [2.05, 4.69) is 16.4 Å². The van der Waals surface area contributed by atoms with E-state index in [0.717, 1.165) is 16.8 Å². The highest BCUT2D eigenvalue weighted by atomic mass is 32.2. The zero-order valence-corrected chi connectivity index (χ0v) is 16.0. The Balaban J connectivity index is 1.75. The first kappa shape index (κ1) is 17.7. The number of benzene rings is 1. The summed E-state index contributed by atoms with van der Waals surface area (Å²) in [5.41, 5.74) is 3.65. The highest BCUT2D eigenvalue weighted by Gasteiger charge is 2.13. The minimum absolute atomic E-state index is 0.0419. The SMILES string of the molecule is CCn1c(SCC(=O)Nc2cc(C)cc(C)c2)nc2ccsc2c1=O. The van der Waals surface area contributed by atoms with E-state index in [1.165, 1.54) is 23.1 Å². The molecule has 3 aromatic rings. The smallest absolute Gasteiger partial charge is 0.272 e. The molecule has 0 saturated carbocycles. The first-order chi connectivity index (χ1) is 12.0. The Labute approximate surface area is 154 Å². The fourth-order valence-corrected chi connectivity index (χ4v) is 4.33. The largest absolute Gasteiger partial charge is 0.325 e. The maximum atomic E-state index is 12.5. The Kier molecular flexibility index (Phi) is 5.24. The molecule has 0 aliphatic heterocycles. The van der Waals surface area contributed by atoms with Gasteiger partial charge < -0.3 is 5.32 Å². The molecular formula is C18H19N3O2S2. The number of aromatic nitrogens is 2. The summed E-state index contributed by atoms with van der Waals surface area (Å²) in [6.45, 7) is 6.43. The number of rotatable bonds is 5. The van der Waals surface area contributed by atoms with Gasteiger partial charge in [-0.1, -0.05) is 17.8 Å². The van der Waals surface area contributed by atoms with Crippen LogP contribution in [0.3, 0.4) is 0 Å². The van der Waals surface area contributed by atoms with E-state index in [0.29, 0.717) is 21.9 Å². The van der Waals surface area contributed by atoms with Gasteiger partial charge in [-0.3, -0.25) is 14.2 Å². The average molecular weight is 374 g/mol. The highest BCUT2D eigenvalue weighted by Crippen LogP contribution is 2.21. The van der Waals surface area contributed by atoms with Crippen LogP contribution in [0.25, 0.3) is 10.2 Å². The first-order valence-electron chi connectivity index (χ1n) is 7.97. The number of thioether (sulfide) groups is 1. The van der Waals surface area contributed by atoms with Crippen LogP contribution in [0.4, 0.5) is 5.69 Å². The summed E-state index contributed by atoms with van der Waals surface area (Å²) in [6.07, 6.45) is 0. The highest BCUT2D eigenvalue weighted by molar-refractivity contribution is 7.99. The van der Waals surface area contributed by atoms with Crippen molar-refractivity contribution in [3.63, 3.8) is 0 Å². The second-order valence-electron chi connectivity index (χ2n) is 5.79. The van der Waals surface area contributed by atoms with Gasteiger partial charge in [-0.15, -0.1) is 11.3 Å². The van der Waals surface area contributed by atoms with Crippen LogP contribution < -0.4 is 10.9 Å². The predicted octanol–water partition coefficient (Wildman–Crippen LogP) is 3.83. The lowest BCUT2D eigenvalue weighted by Crippen LogP contribution is -2.22. The Bertz CT molecular complexity index is 971. The van der Waals surface area contributed by atoms with Gasteiger partial charge in [0.05, 0.1) is 11.3 Å². The number of anilines is 1. The molecule has 0 atom stereocenters.